The molecule has 280 valence electrons. The van der Waals surface area contributed by atoms with E-state index in [1.54, 1.807) is 0 Å². The van der Waals surface area contributed by atoms with E-state index in [4.69, 9.17) is 19.4 Å². The molecule has 0 fully saturated rings. The molecule has 0 saturated heterocycles. The van der Waals surface area contributed by atoms with Crippen LogP contribution >= 0.6 is 0 Å². The first kappa shape index (κ1) is 33.9. The van der Waals surface area contributed by atoms with Crippen LogP contribution in [-0.2, 0) is 0 Å². The smallest absolute Gasteiger partial charge is 0.164 e. The molecule has 5 nitrogen and oxygen atoms in total. The predicted molar refractivity (Wildman–Crippen MR) is 246 cm³/mol. The lowest BCUT2D eigenvalue weighted by atomic mass is 9.93. The summed E-state index contributed by atoms with van der Waals surface area (Å²) in [4.78, 5) is 15.2. The van der Waals surface area contributed by atoms with Gasteiger partial charge in [-0.15, -0.1) is 0 Å². The van der Waals surface area contributed by atoms with Gasteiger partial charge in [-0.1, -0.05) is 170 Å². The molecule has 12 aromatic rings. The molecule has 0 aliphatic rings. The Balaban J connectivity index is 1.02. The van der Waals surface area contributed by atoms with Gasteiger partial charge in [-0.3, -0.25) is 0 Å². The van der Waals surface area contributed by atoms with Gasteiger partial charge in [0.15, 0.2) is 17.5 Å². The number of hydrogen-bond donors (Lipinski definition) is 0. The standard InChI is InChI=1S/C55H34N4O/c1-4-15-35(16-5-1)39-29-32-43-42-22-12-13-25-47(42)59(48(43)33-39)40-30-27-36(28-31-40)46-34-50-51(44-23-11-10-21-41(44)46)52-45(24-14-26-49(52)60-50)55-57-53(37-17-6-2-7-18-37)56-54(58-55)38-19-8-3-9-20-38/h1-34H. The minimum Gasteiger partial charge on any atom is -0.456 e. The maximum Gasteiger partial charge on any atom is 0.164 e. The van der Waals surface area contributed by atoms with Gasteiger partial charge in [-0.25, -0.2) is 15.0 Å². The van der Waals surface area contributed by atoms with Crippen molar-refractivity contribution in [1.29, 1.82) is 0 Å². The van der Waals surface area contributed by atoms with Gasteiger partial charge in [0.05, 0.1) is 11.0 Å². The van der Waals surface area contributed by atoms with Crippen LogP contribution in [0.5, 0.6) is 0 Å². The van der Waals surface area contributed by atoms with Crippen LogP contribution in [0.1, 0.15) is 0 Å². The van der Waals surface area contributed by atoms with Gasteiger partial charge in [0, 0.05) is 43.9 Å². The summed E-state index contributed by atoms with van der Waals surface area (Å²) in [5.41, 5.74) is 12.4. The molecule has 0 radical (unpaired) electrons. The third-order valence-corrected chi connectivity index (χ3v) is 11.7. The summed E-state index contributed by atoms with van der Waals surface area (Å²) in [6.07, 6.45) is 0. The van der Waals surface area contributed by atoms with Crippen LogP contribution in [0.4, 0.5) is 0 Å². The molecule has 0 atom stereocenters. The van der Waals surface area contributed by atoms with Crippen molar-refractivity contribution >= 4 is 54.5 Å². The molecule has 0 bridgehead atoms. The third kappa shape index (κ3) is 5.52. The molecule has 0 amide bonds. The second-order valence-electron chi connectivity index (χ2n) is 15.2. The van der Waals surface area contributed by atoms with E-state index in [0.29, 0.717) is 17.5 Å². The topological polar surface area (TPSA) is 56.7 Å². The molecule has 60 heavy (non-hydrogen) atoms. The average molecular weight is 767 g/mol. The Kier molecular flexibility index (Phi) is 7.78. The SMILES string of the molecule is c1ccc(-c2ccc3c4ccccc4n(-c4ccc(-c5cc6oc7cccc(-c8nc(-c9ccccc9)nc(-c9ccccc9)n8)c7c6c6ccccc56)cc4)c3c2)cc1. The largest absolute Gasteiger partial charge is 0.456 e. The van der Waals surface area contributed by atoms with Gasteiger partial charge >= 0.3 is 0 Å². The van der Waals surface area contributed by atoms with E-state index < -0.39 is 0 Å². The van der Waals surface area contributed by atoms with Crippen LogP contribution in [-0.4, -0.2) is 19.5 Å². The zero-order valence-corrected chi connectivity index (χ0v) is 32.3. The molecule has 9 aromatic carbocycles. The molecule has 0 aliphatic carbocycles. The molecule has 12 rings (SSSR count). The van der Waals surface area contributed by atoms with Crippen molar-refractivity contribution in [3.8, 4) is 62.1 Å². The fourth-order valence-electron chi connectivity index (χ4n) is 8.88. The Morgan fingerprint density at radius 2 is 0.883 bits per heavy atom. The number of rotatable bonds is 6. The fraction of sp³-hybridized carbons (Fsp3) is 0. The second kappa shape index (κ2) is 13.8. The highest BCUT2D eigenvalue weighted by Crippen LogP contribution is 2.44. The predicted octanol–water partition coefficient (Wildman–Crippen LogP) is 14.4. The van der Waals surface area contributed by atoms with Gasteiger partial charge in [0.1, 0.15) is 11.2 Å². The summed E-state index contributed by atoms with van der Waals surface area (Å²) in [6, 6.07) is 72.2. The number of benzene rings is 9. The zero-order valence-electron chi connectivity index (χ0n) is 32.3. The maximum absolute atomic E-state index is 6.77. The molecular formula is C55H34N4O. The van der Waals surface area contributed by atoms with E-state index >= 15 is 0 Å². The molecule has 0 aliphatic heterocycles. The van der Waals surface area contributed by atoms with Crippen LogP contribution in [0.3, 0.4) is 0 Å². The van der Waals surface area contributed by atoms with Crippen molar-refractivity contribution in [1.82, 2.24) is 19.5 Å². The quantitative estimate of drug-likeness (QED) is 0.169. The number of furan rings is 1. The minimum absolute atomic E-state index is 0.598. The monoisotopic (exact) mass is 766 g/mol. The number of para-hydroxylation sites is 1. The summed E-state index contributed by atoms with van der Waals surface area (Å²) >= 11 is 0. The lowest BCUT2D eigenvalue weighted by Gasteiger charge is -2.12. The van der Waals surface area contributed by atoms with Gasteiger partial charge < -0.3 is 8.98 Å². The minimum atomic E-state index is 0.598. The lowest BCUT2D eigenvalue weighted by Crippen LogP contribution is -2.00. The highest BCUT2D eigenvalue weighted by molar-refractivity contribution is 6.25. The summed E-state index contributed by atoms with van der Waals surface area (Å²) in [7, 11) is 0. The number of fused-ring (bicyclic) bond motifs is 8. The van der Waals surface area contributed by atoms with Crippen LogP contribution < -0.4 is 0 Å². The number of hydrogen-bond acceptors (Lipinski definition) is 4. The first-order valence-electron chi connectivity index (χ1n) is 20.2. The Morgan fingerprint density at radius 1 is 0.317 bits per heavy atom. The van der Waals surface area contributed by atoms with Crippen molar-refractivity contribution in [2.45, 2.75) is 0 Å². The van der Waals surface area contributed by atoms with Crippen molar-refractivity contribution in [2.75, 3.05) is 0 Å². The molecule has 0 spiro atoms. The third-order valence-electron chi connectivity index (χ3n) is 11.7. The van der Waals surface area contributed by atoms with Gasteiger partial charge in [-0.05, 0) is 69.4 Å². The zero-order chi connectivity index (χ0) is 39.6. The highest BCUT2D eigenvalue weighted by atomic mass is 16.3. The van der Waals surface area contributed by atoms with E-state index in [-0.39, 0.29) is 0 Å². The molecule has 3 heterocycles. The Hall–Kier alpha value is -8.15. The second-order valence-corrected chi connectivity index (χ2v) is 15.2. The van der Waals surface area contributed by atoms with Crippen molar-refractivity contribution in [3.63, 3.8) is 0 Å². The fourth-order valence-corrected chi connectivity index (χ4v) is 8.88. The van der Waals surface area contributed by atoms with Crippen LogP contribution in [0.15, 0.2) is 211 Å². The van der Waals surface area contributed by atoms with E-state index in [9.17, 15) is 0 Å². The molecule has 0 N–H and O–H groups in total. The Labute approximate surface area is 345 Å². The molecule has 0 saturated carbocycles. The summed E-state index contributed by atoms with van der Waals surface area (Å²) in [5.74, 6) is 1.84. The van der Waals surface area contributed by atoms with E-state index in [0.717, 1.165) is 66.2 Å². The van der Waals surface area contributed by atoms with E-state index in [2.05, 4.69) is 138 Å². The van der Waals surface area contributed by atoms with Gasteiger partial charge in [-0.2, -0.15) is 0 Å². The Morgan fingerprint density at radius 3 is 1.58 bits per heavy atom. The number of aromatic nitrogens is 4. The van der Waals surface area contributed by atoms with Crippen LogP contribution in [0.2, 0.25) is 0 Å². The molecular weight excluding hydrogens is 733 g/mol. The summed E-state index contributed by atoms with van der Waals surface area (Å²) in [5, 5.41) is 6.75. The first-order chi connectivity index (χ1) is 29.7. The lowest BCUT2D eigenvalue weighted by molar-refractivity contribution is 0.669. The van der Waals surface area contributed by atoms with Crippen molar-refractivity contribution in [2.24, 2.45) is 0 Å². The highest BCUT2D eigenvalue weighted by Gasteiger charge is 2.21. The molecule has 0 unspecified atom stereocenters. The molecule has 3 aromatic heterocycles. The van der Waals surface area contributed by atoms with Gasteiger partial charge in [0.2, 0.25) is 0 Å². The first-order valence-corrected chi connectivity index (χ1v) is 20.2. The average Bonchev–Trinajstić information content (AvgIpc) is 3.88. The Bertz CT molecular complexity index is 3520. The van der Waals surface area contributed by atoms with E-state index in [1.165, 1.54) is 32.9 Å². The van der Waals surface area contributed by atoms with Gasteiger partial charge in [0.25, 0.3) is 0 Å². The maximum atomic E-state index is 6.77. The normalized spacial score (nSPS) is 11.7. The van der Waals surface area contributed by atoms with Crippen LogP contribution in [0.25, 0.3) is 117 Å². The van der Waals surface area contributed by atoms with Crippen LogP contribution in [0, 0.1) is 0 Å². The summed E-state index contributed by atoms with van der Waals surface area (Å²) < 4.78 is 9.15. The van der Waals surface area contributed by atoms with E-state index in [1.807, 2.05) is 72.8 Å². The number of nitrogens with zero attached hydrogens (tertiary/aromatic N) is 4. The van der Waals surface area contributed by atoms with Crippen molar-refractivity contribution < 1.29 is 4.42 Å². The van der Waals surface area contributed by atoms with Crippen molar-refractivity contribution in [3.05, 3.63) is 206 Å². The molecule has 5 heteroatoms. The summed E-state index contributed by atoms with van der Waals surface area (Å²) in [6.45, 7) is 0.